The first kappa shape index (κ1) is 18.6. The molecule has 0 radical (unpaired) electrons. The van der Waals surface area contributed by atoms with Gasteiger partial charge >= 0.3 is 0 Å². The first-order valence-electron chi connectivity index (χ1n) is 8.80. The van der Waals surface area contributed by atoms with Crippen molar-refractivity contribution in [1.29, 1.82) is 0 Å². The summed E-state index contributed by atoms with van der Waals surface area (Å²) < 4.78 is 0.940. The van der Waals surface area contributed by atoms with Crippen LogP contribution in [0.1, 0.15) is 15.2 Å². The molecule has 0 saturated carbocycles. The van der Waals surface area contributed by atoms with Crippen molar-refractivity contribution in [1.82, 2.24) is 4.98 Å². The SMILES string of the molecule is Cc1sc(NC(=O)c2ccc(Br)cc2)nc1-c1ccc(-c2ccccc2)cc1. The number of hydrogen-bond acceptors (Lipinski definition) is 3. The van der Waals surface area contributed by atoms with Crippen molar-refractivity contribution in [3.05, 3.63) is 93.8 Å². The molecule has 0 spiro atoms. The number of benzene rings is 3. The summed E-state index contributed by atoms with van der Waals surface area (Å²) in [5.74, 6) is -0.160. The highest BCUT2D eigenvalue weighted by Gasteiger charge is 2.13. The van der Waals surface area contributed by atoms with Crippen LogP contribution in [-0.2, 0) is 0 Å². The molecule has 28 heavy (non-hydrogen) atoms. The summed E-state index contributed by atoms with van der Waals surface area (Å²) in [6, 6.07) is 25.9. The zero-order valence-corrected chi connectivity index (χ0v) is 17.5. The topological polar surface area (TPSA) is 42.0 Å². The number of thiazole rings is 1. The zero-order valence-electron chi connectivity index (χ0n) is 15.1. The summed E-state index contributed by atoms with van der Waals surface area (Å²) in [5.41, 5.74) is 4.89. The lowest BCUT2D eigenvalue weighted by molar-refractivity contribution is 0.102. The van der Waals surface area contributed by atoms with Gasteiger partial charge in [0.25, 0.3) is 5.91 Å². The highest BCUT2D eigenvalue weighted by Crippen LogP contribution is 2.32. The maximum absolute atomic E-state index is 12.4. The van der Waals surface area contributed by atoms with Crippen LogP contribution in [0, 0.1) is 6.92 Å². The van der Waals surface area contributed by atoms with Gasteiger partial charge in [0.2, 0.25) is 0 Å². The number of nitrogens with zero attached hydrogens (tertiary/aromatic N) is 1. The summed E-state index contributed by atoms with van der Waals surface area (Å²) in [6.07, 6.45) is 0. The van der Waals surface area contributed by atoms with E-state index in [0.29, 0.717) is 10.7 Å². The van der Waals surface area contributed by atoms with Crippen molar-refractivity contribution >= 4 is 38.3 Å². The minimum absolute atomic E-state index is 0.160. The average molecular weight is 449 g/mol. The van der Waals surface area contributed by atoms with E-state index in [2.05, 4.69) is 62.6 Å². The first-order valence-corrected chi connectivity index (χ1v) is 10.4. The Hall–Kier alpha value is -2.76. The number of halogens is 1. The number of anilines is 1. The van der Waals surface area contributed by atoms with E-state index in [9.17, 15) is 4.79 Å². The van der Waals surface area contributed by atoms with Gasteiger partial charge in [0.05, 0.1) is 5.69 Å². The molecular weight excluding hydrogens is 432 g/mol. The Labute approximate surface area is 176 Å². The molecular formula is C23H17BrN2OS. The largest absolute Gasteiger partial charge is 0.298 e. The molecule has 0 fully saturated rings. The van der Waals surface area contributed by atoms with Crippen LogP contribution in [0.4, 0.5) is 5.13 Å². The Balaban J connectivity index is 1.54. The fraction of sp³-hybridized carbons (Fsp3) is 0.0435. The minimum Gasteiger partial charge on any atom is -0.298 e. The maximum atomic E-state index is 12.4. The Kier molecular flexibility index (Phi) is 5.37. The fourth-order valence-corrected chi connectivity index (χ4v) is 4.03. The molecule has 4 rings (SSSR count). The van der Waals surface area contributed by atoms with Crippen LogP contribution >= 0.6 is 27.3 Å². The maximum Gasteiger partial charge on any atom is 0.257 e. The number of nitrogens with one attached hydrogen (secondary N) is 1. The van der Waals surface area contributed by atoms with Crippen LogP contribution < -0.4 is 5.32 Å². The Morgan fingerprint density at radius 2 is 1.46 bits per heavy atom. The van der Waals surface area contributed by atoms with E-state index < -0.39 is 0 Å². The molecule has 0 aliphatic rings. The average Bonchev–Trinajstić information content (AvgIpc) is 3.09. The number of amides is 1. The molecule has 138 valence electrons. The van der Waals surface area contributed by atoms with Crippen molar-refractivity contribution in [2.24, 2.45) is 0 Å². The van der Waals surface area contributed by atoms with E-state index >= 15 is 0 Å². The van der Waals surface area contributed by atoms with E-state index in [1.165, 1.54) is 22.5 Å². The molecule has 0 bridgehead atoms. The first-order chi connectivity index (χ1) is 13.6. The highest BCUT2D eigenvalue weighted by atomic mass is 79.9. The molecule has 3 aromatic carbocycles. The molecule has 0 aliphatic carbocycles. The van der Waals surface area contributed by atoms with Gasteiger partial charge < -0.3 is 0 Å². The van der Waals surface area contributed by atoms with Gasteiger partial charge in [0.15, 0.2) is 5.13 Å². The number of carbonyl (C=O) groups is 1. The van der Waals surface area contributed by atoms with Crippen LogP contribution in [0.5, 0.6) is 0 Å². The molecule has 3 nitrogen and oxygen atoms in total. The standard InChI is InChI=1S/C23H17BrN2OS/c1-15-21(18-9-7-17(8-10-18)16-5-3-2-4-6-16)25-23(28-15)26-22(27)19-11-13-20(24)14-12-19/h2-14H,1H3,(H,25,26,27). The fourth-order valence-electron chi connectivity index (χ4n) is 2.94. The van der Waals surface area contributed by atoms with E-state index in [0.717, 1.165) is 20.6 Å². The van der Waals surface area contributed by atoms with E-state index in [1.54, 1.807) is 12.1 Å². The third kappa shape index (κ3) is 4.06. The monoisotopic (exact) mass is 448 g/mol. The second-order valence-electron chi connectivity index (χ2n) is 6.33. The predicted octanol–water partition coefficient (Wildman–Crippen LogP) is 6.80. The molecule has 0 aliphatic heterocycles. The van der Waals surface area contributed by atoms with Crippen LogP contribution in [0.15, 0.2) is 83.3 Å². The Morgan fingerprint density at radius 1 is 0.857 bits per heavy atom. The molecule has 0 unspecified atom stereocenters. The van der Waals surface area contributed by atoms with Crippen molar-refractivity contribution in [2.45, 2.75) is 6.92 Å². The third-order valence-corrected chi connectivity index (χ3v) is 5.80. The van der Waals surface area contributed by atoms with E-state index in [1.807, 2.05) is 37.3 Å². The summed E-state index contributed by atoms with van der Waals surface area (Å²) >= 11 is 4.86. The molecule has 1 amide bonds. The van der Waals surface area contributed by atoms with Crippen LogP contribution in [0.25, 0.3) is 22.4 Å². The quantitative estimate of drug-likeness (QED) is 0.372. The zero-order chi connectivity index (χ0) is 19.5. The summed E-state index contributed by atoms with van der Waals surface area (Å²) in [4.78, 5) is 18.1. The van der Waals surface area contributed by atoms with Gasteiger partial charge in [-0.3, -0.25) is 10.1 Å². The van der Waals surface area contributed by atoms with E-state index in [4.69, 9.17) is 0 Å². The lowest BCUT2D eigenvalue weighted by Crippen LogP contribution is -2.11. The van der Waals surface area contributed by atoms with Gasteiger partial charge in [-0.2, -0.15) is 0 Å². The predicted molar refractivity (Wildman–Crippen MR) is 120 cm³/mol. The molecule has 0 saturated heterocycles. The number of aromatic nitrogens is 1. The van der Waals surface area contributed by atoms with Crippen molar-refractivity contribution in [3.63, 3.8) is 0 Å². The summed E-state index contributed by atoms with van der Waals surface area (Å²) in [6.45, 7) is 2.02. The molecule has 4 aromatic rings. The van der Waals surface area contributed by atoms with Crippen LogP contribution in [-0.4, -0.2) is 10.9 Å². The second kappa shape index (κ2) is 8.09. The number of rotatable bonds is 4. The van der Waals surface area contributed by atoms with Crippen molar-refractivity contribution in [3.8, 4) is 22.4 Å². The lowest BCUT2D eigenvalue weighted by Gasteiger charge is -2.04. The third-order valence-electron chi connectivity index (χ3n) is 4.39. The summed E-state index contributed by atoms with van der Waals surface area (Å²) in [7, 11) is 0. The van der Waals surface area contributed by atoms with Crippen molar-refractivity contribution in [2.75, 3.05) is 5.32 Å². The molecule has 1 aromatic heterocycles. The van der Waals surface area contributed by atoms with E-state index in [-0.39, 0.29) is 5.91 Å². The minimum atomic E-state index is -0.160. The van der Waals surface area contributed by atoms with Gasteiger partial charge in [0, 0.05) is 20.5 Å². The highest BCUT2D eigenvalue weighted by molar-refractivity contribution is 9.10. The van der Waals surface area contributed by atoms with Crippen molar-refractivity contribution < 1.29 is 4.79 Å². The van der Waals surface area contributed by atoms with Gasteiger partial charge in [-0.25, -0.2) is 4.98 Å². The summed E-state index contributed by atoms with van der Waals surface area (Å²) in [5, 5.41) is 3.50. The van der Waals surface area contributed by atoms with Crippen LogP contribution in [0.3, 0.4) is 0 Å². The lowest BCUT2D eigenvalue weighted by atomic mass is 10.0. The normalized spacial score (nSPS) is 10.6. The van der Waals surface area contributed by atoms with Gasteiger partial charge in [0.1, 0.15) is 0 Å². The number of carbonyl (C=O) groups excluding carboxylic acids is 1. The molecule has 1 heterocycles. The Bertz CT molecular complexity index is 1100. The van der Waals surface area contributed by atoms with Gasteiger partial charge in [-0.1, -0.05) is 70.5 Å². The second-order valence-corrected chi connectivity index (χ2v) is 8.45. The van der Waals surface area contributed by atoms with Gasteiger partial charge in [-0.15, -0.1) is 11.3 Å². The van der Waals surface area contributed by atoms with Gasteiger partial charge in [-0.05, 0) is 42.3 Å². The molecule has 5 heteroatoms. The Morgan fingerprint density at radius 3 is 2.14 bits per heavy atom. The van der Waals surface area contributed by atoms with Crippen LogP contribution in [0.2, 0.25) is 0 Å². The molecule has 0 atom stereocenters. The number of aryl methyl sites for hydroxylation is 1. The molecule has 1 N–H and O–H groups in total. The number of hydrogen-bond donors (Lipinski definition) is 1. The smallest absolute Gasteiger partial charge is 0.257 e.